The highest BCUT2D eigenvalue weighted by Gasteiger charge is 2.33. The highest BCUT2D eigenvalue weighted by Crippen LogP contribution is 2.36. The van der Waals surface area contributed by atoms with Crippen molar-refractivity contribution in [1.29, 1.82) is 0 Å². The van der Waals surface area contributed by atoms with Crippen LogP contribution in [-0.2, 0) is 6.18 Å². The van der Waals surface area contributed by atoms with Gasteiger partial charge in [-0.25, -0.2) is 0 Å². The van der Waals surface area contributed by atoms with Crippen LogP contribution in [0.1, 0.15) is 16.7 Å². The Morgan fingerprint density at radius 2 is 1.74 bits per heavy atom. The molecule has 1 nitrogen and oxygen atoms in total. The zero-order valence-electron chi connectivity index (χ0n) is 11.6. The number of hydrogen-bond donors (Lipinski definition) is 1. The summed E-state index contributed by atoms with van der Waals surface area (Å²) < 4.78 is 39.5. The van der Waals surface area contributed by atoms with E-state index in [0.29, 0.717) is 21.1 Å². The zero-order chi connectivity index (χ0) is 16.6. The molecule has 0 unspecified atom stereocenters. The van der Waals surface area contributed by atoms with E-state index in [0.717, 1.165) is 11.6 Å². The van der Waals surface area contributed by atoms with Crippen LogP contribution in [0, 0.1) is 0 Å². The van der Waals surface area contributed by atoms with Crippen molar-refractivity contribution in [2.45, 2.75) is 6.18 Å². The molecule has 0 radical (unpaired) electrons. The molecule has 0 aliphatic heterocycles. The van der Waals surface area contributed by atoms with Gasteiger partial charge in [0.25, 0.3) is 0 Å². The molecule has 1 aromatic heterocycles. The smallest absolute Gasteiger partial charge is 0.361 e. The second-order valence-electron chi connectivity index (χ2n) is 4.98. The first-order valence-electron chi connectivity index (χ1n) is 6.66. The van der Waals surface area contributed by atoms with E-state index in [1.54, 1.807) is 42.6 Å². The fraction of sp³-hybridized carbons (Fsp3) is 0.0588. The number of benzene rings is 2. The van der Waals surface area contributed by atoms with Gasteiger partial charge in [-0.3, -0.25) is 0 Å². The summed E-state index contributed by atoms with van der Waals surface area (Å²) in [4.78, 5) is 2.86. The SMILES string of the molecule is FC(F)(F)c1cccc2[nH]cc(C=Cc3ccc(Cl)c(Cl)c3)c12. The van der Waals surface area contributed by atoms with E-state index in [2.05, 4.69) is 4.98 Å². The molecule has 0 saturated carbocycles. The summed E-state index contributed by atoms with van der Waals surface area (Å²) in [5.41, 5.74) is 0.982. The first kappa shape index (κ1) is 16.0. The van der Waals surface area contributed by atoms with E-state index in [1.165, 1.54) is 6.07 Å². The monoisotopic (exact) mass is 355 g/mol. The van der Waals surface area contributed by atoms with Crippen molar-refractivity contribution < 1.29 is 13.2 Å². The van der Waals surface area contributed by atoms with Crippen molar-refractivity contribution in [3.63, 3.8) is 0 Å². The average Bonchev–Trinajstić information content (AvgIpc) is 2.90. The predicted molar refractivity (Wildman–Crippen MR) is 88.7 cm³/mol. The maximum Gasteiger partial charge on any atom is 0.417 e. The van der Waals surface area contributed by atoms with Crippen molar-refractivity contribution in [2.24, 2.45) is 0 Å². The van der Waals surface area contributed by atoms with Crippen LogP contribution in [0.5, 0.6) is 0 Å². The van der Waals surface area contributed by atoms with Crippen LogP contribution < -0.4 is 0 Å². The Morgan fingerprint density at radius 3 is 2.43 bits per heavy atom. The number of hydrogen-bond acceptors (Lipinski definition) is 0. The second-order valence-corrected chi connectivity index (χ2v) is 5.79. The van der Waals surface area contributed by atoms with Gasteiger partial charge in [0, 0.05) is 22.7 Å². The number of H-pyrrole nitrogens is 1. The minimum absolute atomic E-state index is 0.149. The molecule has 0 fully saturated rings. The molecule has 1 N–H and O–H groups in total. The van der Waals surface area contributed by atoms with Crippen LogP contribution >= 0.6 is 23.2 Å². The maximum absolute atomic E-state index is 13.2. The molecule has 23 heavy (non-hydrogen) atoms. The fourth-order valence-electron chi connectivity index (χ4n) is 2.38. The van der Waals surface area contributed by atoms with Gasteiger partial charge < -0.3 is 4.98 Å². The van der Waals surface area contributed by atoms with Gasteiger partial charge in [-0.05, 0) is 29.8 Å². The minimum atomic E-state index is -4.41. The lowest BCUT2D eigenvalue weighted by atomic mass is 10.0. The molecule has 3 rings (SSSR count). The van der Waals surface area contributed by atoms with Crippen LogP contribution in [0.4, 0.5) is 13.2 Å². The maximum atomic E-state index is 13.2. The third kappa shape index (κ3) is 3.23. The van der Waals surface area contributed by atoms with E-state index < -0.39 is 11.7 Å². The van der Waals surface area contributed by atoms with Crippen molar-refractivity contribution in [3.05, 3.63) is 69.3 Å². The lowest BCUT2D eigenvalue weighted by Crippen LogP contribution is -2.05. The van der Waals surface area contributed by atoms with E-state index in [1.807, 2.05) is 0 Å². The van der Waals surface area contributed by atoms with Gasteiger partial charge in [-0.1, -0.05) is 47.5 Å². The molecule has 1 heterocycles. The molecule has 3 aromatic rings. The number of halogens is 5. The van der Waals surface area contributed by atoms with Gasteiger partial charge in [-0.15, -0.1) is 0 Å². The van der Waals surface area contributed by atoms with Crippen LogP contribution in [0.3, 0.4) is 0 Å². The van der Waals surface area contributed by atoms with Crippen molar-refractivity contribution in [3.8, 4) is 0 Å². The van der Waals surface area contributed by atoms with Crippen LogP contribution in [0.25, 0.3) is 23.1 Å². The average molecular weight is 356 g/mol. The van der Waals surface area contributed by atoms with Gasteiger partial charge in [-0.2, -0.15) is 13.2 Å². The normalized spacial score (nSPS) is 12.4. The summed E-state index contributed by atoms with van der Waals surface area (Å²) in [5, 5.41) is 0.968. The summed E-state index contributed by atoms with van der Waals surface area (Å²) >= 11 is 11.8. The fourth-order valence-corrected chi connectivity index (χ4v) is 2.69. The van der Waals surface area contributed by atoms with Crippen molar-refractivity contribution >= 4 is 46.3 Å². The van der Waals surface area contributed by atoms with Gasteiger partial charge >= 0.3 is 6.18 Å². The lowest BCUT2D eigenvalue weighted by molar-refractivity contribution is -0.136. The van der Waals surface area contributed by atoms with E-state index in [9.17, 15) is 13.2 Å². The topological polar surface area (TPSA) is 15.8 Å². The number of aromatic amines is 1. The van der Waals surface area contributed by atoms with Crippen molar-refractivity contribution in [2.75, 3.05) is 0 Å². The van der Waals surface area contributed by atoms with Gasteiger partial charge in [0.2, 0.25) is 0 Å². The van der Waals surface area contributed by atoms with Crippen LogP contribution in [-0.4, -0.2) is 4.98 Å². The minimum Gasteiger partial charge on any atom is -0.361 e. The molecule has 0 amide bonds. The van der Waals surface area contributed by atoms with Gasteiger partial charge in [0.05, 0.1) is 15.6 Å². The molecular formula is C17H10Cl2F3N. The van der Waals surface area contributed by atoms with Gasteiger partial charge in [0.15, 0.2) is 0 Å². The Balaban J connectivity index is 2.06. The Kier molecular flexibility index (Phi) is 4.13. The third-order valence-electron chi connectivity index (χ3n) is 3.44. The third-order valence-corrected chi connectivity index (χ3v) is 4.18. The standard InChI is InChI=1S/C17H10Cl2F3N/c18-13-7-5-10(8-14(13)19)4-6-11-9-23-15-3-1-2-12(16(11)15)17(20,21)22/h1-9,23H. The molecule has 0 aliphatic rings. The highest BCUT2D eigenvalue weighted by atomic mass is 35.5. The quantitative estimate of drug-likeness (QED) is 0.528. The molecular weight excluding hydrogens is 346 g/mol. The summed E-state index contributed by atoms with van der Waals surface area (Å²) in [5.74, 6) is 0. The summed E-state index contributed by atoms with van der Waals surface area (Å²) in [6, 6.07) is 9.10. The molecule has 0 atom stereocenters. The van der Waals surface area contributed by atoms with Gasteiger partial charge in [0.1, 0.15) is 0 Å². The Labute approximate surface area is 140 Å². The molecule has 0 spiro atoms. The largest absolute Gasteiger partial charge is 0.417 e. The summed E-state index contributed by atoms with van der Waals surface area (Å²) in [6.45, 7) is 0. The predicted octanol–water partition coefficient (Wildman–Crippen LogP) is 6.66. The number of fused-ring (bicyclic) bond motifs is 1. The molecule has 0 saturated heterocycles. The molecule has 2 aromatic carbocycles. The molecule has 0 aliphatic carbocycles. The van der Waals surface area contributed by atoms with Crippen molar-refractivity contribution in [1.82, 2.24) is 4.98 Å². The van der Waals surface area contributed by atoms with Crippen LogP contribution in [0.2, 0.25) is 10.0 Å². The molecule has 0 bridgehead atoms. The highest BCUT2D eigenvalue weighted by molar-refractivity contribution is 6.42. The Morgan fingerprint density at radius 1 is 0.957 bits per heavy atom. The molecule has 118 valence electrons. The Hall–Kier alpha value is -1.91. The Bertz CT molecular complexity index is 894. The lowest BCUT2D eigenvalue weighted by Gasteiger charge is -2.08. The number of aromatic nitrogens is 1. The summed E-state index contributed by atoms with van der Waals surface area (Å²) in [6.07, 6.45) is 0.452. The number of nitrogens with one attached hydrogen (secondary N) is 1. The van der Waals surface area contributed by atoms with E-state index >= 15 is 0 Å². The van der Waals surface area contributed by atoms with E-state index in [-0.39, 0.29) is 5.39 Å². The number of alkyl halides is 3. The zero-order valence-corrected chi connectivity index (χ0v) is 13.1. The second kappa shape index (κ2) is 5.95. The first-order chi connectivity index (χ1) is 10.9. The number of rotatable bonds is 2. The molecule has 6 heteroatoms. The van der Waals surface area contributed by atoms with E-state index in [4.69, 9.17) is 23.2 Å². The first-order valence-corrected chi connectivity index (χ1v) is 7.42. The van der Waals surface area contributed by atoms with Crippen LogP contribution in [0.15, 0.2) is 42.6 Å². The summed E-state index contributed by atoms with van der Waals surface area (Å²) in [7, 11) is 0.